The third-order valence-electron chi connectivity index (χ3n) is 4.91. The maximum absolute atomic E-state index is 13.0. The third kappa shape index (κ3) is 6.06. The molecular weight excluding hydrogens is 499 g/mol. The van der Waals surface area contributed by atoms with Gasteiger partial charge in [-0.2, -0.15) is 13.2 Å². The fourth-order valence-corrected chi connectivity index (χ4v) is 5.35. The van der Waals surface area contributed by atoms with E-state index in [9.17, 15) is 26.4 Å². The molecule has 4 aromatic rings. The molecule has 0 radical (unpaired) electrons. The third-order valence-corrected chi connectivity index (χ3v) is 7.40. The summed E-state index contributed by atoms with van der Waals surface area (Å²) in [6, 6.07) is 16.3. The van der Waals surface area contributed by atoms with Crippen LogP contribution in [-0.4, -0.2) is 19.4 Å². The minimum absolute atomic E-state index is 0.0176. The summed E-state index contributed by atoms with van der Waals surface area (Å²) in [6.45, 7) is 0. The van der Waals surface area contributed by atoms with Crippen molar-refractivity contribution in [2.75, 3.05) is 10.6 Å². The van der Waals surface area contributed by atoms with Crippen LogP contribution in [0.15, 0.2) is 89.3 Å². The van der Waals surface area contributed by atoms with Gasteiger partial charge in [-0.15, -0.1) is 11.3 Å². The highest BCUT2D eigenvalue weighted by atomic mass is 32.2. The van der Waals surface area contributed by atoms with E-state index in [0.717, 1.165) is 12.1 Å². The largest absolute Gasteiger partial charge is 0.416 e. The van der Waals surface area contributed by atoms with Crippen LogP contribution in [0.5, 0.6) is 0 Å². The molecule has 0 aliphatic heterocycles. The van der Waals surface area contributed by atoms with Gasteiger partial charge in [-0.25, -0.2) is 18.2 Å². The first-order valence-electron chi connectivity index (χ1n) is 10.2. The number of thiazole rings is 1. The van der Waals surface area contributed by atoms with Crippen molar-refractivity contribution >= 4 is 38.6 Å². The second-order valence-corrected chi connectivity index (χ2v) is 10.3. The highest BCUT2D eigenvalue weighted by molar-refractivity contribution is 7.90. The molecule has 0 spiro atoms. The van der Waals surface area contributed by atoms with Gasteiger partial charge in [-0.1, -0.05) is 36.4 Å². The van der Waals surface area contributed by atoms with Crippen LogP contribution < -0.4 is 10.6 Å². The van der Waals surface area contributed by atoms with E-state index in [1.54, 1.807) is 41.9 Å². The number of nitrogens with one attached hydrogen (secondary N) is 2. The molecule has 2 N–H and O–H groups in total. The Morgan fingerprint density at radius 2 is 1.71 bits per heavy atom. The summed E-state index contributed by atoms with van der Waals surface area (Å²) >= 11 is 1.28. The number of aromatic nitrogens is 1. The van der Waals surface area contributed by atoms with Crippen LogP contribution in [0.25, 0.3) is 10.6 Å². The molecule has 180 valence electrons. The van der Waals surface area contributed by atoms with Gasteiger partial charge in [0.05, 0.1) is 21.9 Å². The zero-order chi connectivity index (χ0) is 25.1. The molecule has 2 amide bonds. The SMILES string of the molecule is O=C(Nc1cccc(C(F)(F)F)c1)Nc1cc(S(=O)(=O)Cc2ccccc2)ccc1-c1nccs1. The van der Waals surface area contributed by atoms with Crippen molar-refractivity contribution in [1.29, 1.82) is 0 Å². The molecular formula is C24H18F3N3O3S2. The minimum Gasteiger partial charge on any atom is -0.308 e. The number of hydrogen-bond donors (Lipinski definition) is 2. The van der Waals surface area contributed by atoms with Crippen LogP contribution >= 0.6 is 11.3 Å². The van der Waals surface area contributed by atoms with Crippen LogP contribution in [0, 0.1) is 0 Å². The first-order valence-corrected chi connectivity index (χ1v) is 12.7. The molecule has 4 rings (SSSR count). The van der Waals surface area contributed by atoms with Crippen LogP contribution in [0.1, 0.15) is 11.1 Å². The van der Waals surface area contributed by atoms with Crippen LogP contribution in [0.4, 0.5) is 29.3 Å². The maximum Gasteiger partial charge on any atom is 0.416 e. The Hall–Kier alpha value is -3.70. The Balaban J connectivity index is 1.63. The van der Waals surface area contributed by atoms with E-state index in [2.05, 4.69) is 15.6 Å². The van der Waals surface area contributed by atoms with Gasteiger partial charge in [0.25, 0.3) is 0 Å². The van der Waals surface area contributed by atoms with Gasteiger partial charge in [-0.05, 0) is 42.0 Å². The Morgan fingerprint density at radius 3 is 2.40 bits per heavy atom. The van der Waals surface area contributed by atoms with Gasteiger partial charge in [-0.3, -0.25) is 0 Å². The monoisotopic (exact) mass is 517 g/mol. The van der Waals surface area contributed by atoms with Gasteiger partial charge >= 0.3 is 12.2 Å². The number of amides is 2. The van der Waals surface area contributed by atoms with E-state index in [1.807, 2.05) is 0 Å². The molecule has 0 aliphatic rings. The summed E-state index contributed by atoms with van der Waals surface area (Å²) in [4.78, 5) is 16.8. The molecule has 11 heteroatoms. The normalized spacial score (nSPS) is 11.7. The van der Waals surface area contributed by atoms with Gasteiger partial charge in [0.15, 0.2) is 9.84 Å². The van der Waals surface area contributed by atoms with Gasteiger partial charge in [0, 0.05) is 22.8 Å². The van der Waals surface area contributed by atoms with Crippen LogP contribution in [-0.2, 0) is 21.8 Å². The highest BCUT2D eigenvalue weighted by Crippen LogP contribution is 2.33. The molecule has 0 unspecified atom stereocenters. The summed E-state index contributed by atoms with van der Waals surface area (Å²) in [5.74, 6) is -0.236. The van der Waals surface area contributed by atoms with E-state index >= 15 is 0 Å². The zero-order valence-corrected chi connectivity index (χ0v) is 19.5. The quantitative estimate of drug-likeness (QED) is 0.308. The summed E-state index contributed by atoms with van der Waals surface area (Å²) in [7, 11) is -3.75. The van der Waals surface area contributed by atoms with Crippen molar-refractivity contribution in [3.63, 3.8) is 0 Å². The molecule has 1 aromatic heterocycles. The van der Waals surface area contributed by atoms with Crippen molar-refractivity contribution in [3.05, 3.63) is 95.5 Å². The summed E-state index contributed by atoms with van der Waals surface area (Å²) in [5, 5.41) is 7.17. The Kier molecular flexibility index (Phi) is 6.90. The molecule has 0 fully saturated rings. The number of halogens is 3. The molecule has 1 heterocycles. The van der Waals surface area contributed by atoms with E-state index in [4.69, 9.17) is 0 Å². The van der Waals surface area contributed by atoms with E-state index in [1.165, 1.54) is 41.7 Å². The zero-order valence-electron chi connectivity index (χ0n) is 17.9. The van der Waals surface area contributed by atoms with E-state index < -0.39 is 27.6 Å². The lowest BCUT2D eigenvalue weighted by atomic mass is 10.2. The van der Waals surface area contributed by atoms with Crippen molar-refractivity contribution in [2.45, 2.75) is 16.8 Å². The summed E-state index contributed by atoms with van der Waals surface area (Å²) in [6.07, 6.45) is -3.00. The first-order chi connectivity index (χ1) is 16.6. The first kappa shape index (κ1) is 24.4. The van der Waals surface area contributed by atoms with Gasteiger partial charge in [0.2, 0.25) is 0 Å². The second kappa shape index (κ2) is 9.88. The molecule has 0 atom stereocenters. The number of carbonyl (C=O) groups excluding carboxylic acids is 1. The van der Waals surface area contributed by atoms with Gasteiger partial charge in [0.1, 0.15) is 5.01 Å². The number of nitrogens with zero attached hydrogens (tertiary/aromatic N) is 1. The van der Waals surface area contributed by atoms with Crippen molar-refractivity contribution in [2.24, 2.45) is 0 Å². The predicted octanol–water partition coefficient (Wildman–Crippen LogP) is 6.45. The maximum atomic E-state index is 13.0. The Bertz CT molecular complexity index is 1440. The molecule has 0 aliphatic carbocycles. The highest BCUT2D eigenvalue weighted by Gasteiger charge is 2.30. The fourth-order valence-electron chi connectivity index (χ4n) is 3.30. The number of sulfone groups is 1. The lowest BCUT2D eigenvalue weighted by molar-refractivity contribution is -0.137. The van der Waals surface area contributed by atoms with Crippen LogP contribution in [0.2, 0.25) is 0 Å². The van der Waals surface area contributed by atoms with Crippen LogP contribution in [0.3, 0.4) is 0 Å². The van der Waals surface area contributed by atoms with Crippen molar-refractivity contribution < 1.29 is 26.4 Å². The average molecular weight is 518 g/mol. The molecule has 0 saturated carbocycles. The average Bonchev–Trinajstić information content (AvgIpc) is 3.34. The molecule has 3 aromatic carbocycles. The van der Waals surface area contributed by atoms with E-state index in [0.29, 0.717) is 16.1 Å². The summed E-state index contributed by atoms with van der Waals surface area (Å²) in [5.41, 5.74) is 0.249. The molecule has 0 saturated heterocycles. The topological polar surface area (TPSA) is 88.2 Å². The molecule has 0 bridgehead atoms. The smallest absolute Gasteiger partial charge is 0.308 e. The summed E-state index contributed by atoms with van der Waals surface area (Å²) < 4.78 is 65.0. The lowest BCUT2D eigenvalue weighted by Gasteiger charge is -2.14. The fraction of sp³-hybridized carbons (Fsp3) is 0.0833. The molecule has 35 heavy (non-hydrogen) atoms. The standard InChI is InChI=1S/C24H18F3N3O3S2/c25-24(26,27)17-7-4-8-18(13-17)29-23(31)30-21-14-19(9-10-20(21)22-28-11-12-34-22)35(32,33)15-16-5-2-1-3-6-16/h1-14H,15H2,(H2,29,30,31). The molecule has 6 nitrogen and oxygen atoms in total. The van der Waals surface area contributed by atoms with E-state index in [-0.39, 0.29) is 22.0 Å². The predicted molar refractivity (Wildman–Crippen MR) is 129 cm³/mol. The number of rotatable bonds is 6. The number of hydrogen-bond acceptors (Lipinski definition) is 5. The Morgan fingerprint density at radius 1 is 0.943 bits per heavy atom. The number of benzene rings is 3. The van der Waals surface area contributed by atoms with Crippen molar-refractivity contribution in [3.8, 4) is 10.6 Å². The second-order valence-electron chi connectivity index (χ2n) is 7.45. The number of urea groups is 1. The van der Waals surface area contributed by atoms with Crippen molar-refractivity contribution in [1.82, 2.24) is 4.98 Å². The lowest BCUT2D eigenvalue weighted by Crippen LogP contribution is -2.20. The number of anilines is 2. The number of carbonyl (C=O) groups is 1. The van der Waals surface area contributed by atoms with Gasteiger partial charge < -0.3 is 10.6 Å². The number of alkyl halides is 3. The Labute approximate surface area is 203 Å². The minimum atomic E-state index is -4.56.